The molecule has 1 heterocycles. The van der Waals surface area contributed by atoms with Gasteiger partial charge in [-0.2, -0.15) is 0 Å². The van der Waals surface area contributed by atoms with Crippen molar-refractivity contribution in [3.8, 4) is 0 Å². The molecular weight excluding hydrogens is 281 g/mol. The standard InChI is InChI=1S/C13H14FN3S2/c1-2-10(13-16-5-6-19-13)17-11-4-3-8(12(15)18)7-9(11)14/h3-7,10,17H,2H2,1H3,(H2,15,18). The Morgan fingerprint density at radius 1 is 1.58 bits per heavy atom. The molecule has 0 aliphatic rings. The summed E-state index contributed by atoms with van der Waals surface area (Å²) in [7, 11) is 0. The highest BCUT2D eigenvalue weighted by molar-refractivity contribution is 7.80. The van der Waals surface area contributed by atoms with Crippen molar-refractivity contribution in [1.82, 2.24) is 4.98 Å². The van der Waals surface area contributed by atoms with Gasteiger partial charge in [0.25, 0.3) is 0 Å². The zero-order valence-corrected chi connectivity index (χ0v) is 12.0. The minimum absolute atomic E-state index is 0.00479. The van der Waals surface area contributed by atoms with Crippen LogP contribution in [-0.2, 0) is 0 Å². The minimum Gasteiger partial charge on any atom is -0.389 e. The lowest BCUT2D eigenvalue weighted by Crippen LogP contribution is -2.13. The van der Waals surface area contributed by atoms with E-state index in [4.69, 9.17) is 18.0 Å². The molecule has 0 aliphatic heterocycles. The van der Waals surface area contributed by atoms with Gasteiger partial charge >= 0.3 is 0 Å². The molecule has 0 radical (unpaired) electrons. The Labute approximate surface area is 120 Å². The van der Waals surface area contributed by atoms with Crippen LogP contribution in [0, 0.1) is 5.82 Å². The molecule has 3 N–H and O–H groups in total. The van der Waals surface area contributed by atoms with Crippen LogP contribution in [0.5, 0.6) is 0 Å². The average Bonchev–Trinajstić information content (AvgIpc) is 2.91. The fraction of sp³-hybridized carbons (Fsp3) is 0.231. The number of hydrogen-bond donors (Lipinski definition) is 2. The van der Waals surface area contributed by atoms with Gasteiger partial charge in [-0.3, -0.25) is 0 Å². The van der Waals surface area contributed by atoms with E-state index in [0.29, 0.717) is 11.3 Å². The van der Waals surface area contributed by atoms with E-state index >= 15 is 0 Å². The third kappa shape index (κ3) is 3.27. The first-order valence-electron chi connectivity index (χ1n) is 5.87. The third-order valence-electron chi connectivity index (χ3n) is 2.74. The summed E-state index contributed by atoms with van der Waals surface area (Å²) < 4.78 is 14.0. The molecule has 0 saturated carbocycles. The normalized spacial score (nSPS) is 12.1. The van der Waals surface area contributed by atoms with E-state index in [2.05, 4.69) is 10.3 Å². The number of nitrogens with zero attached hydrogens (tertiary/aromatic N) is 1. The first-order valence-corrected chi connectivity index (χ1v) is 7.16. The number of nitrogens with two attached hydrogens (primary N) is 1. The largest absolute Gasteiger partial charge is 0.389 e. The highest BCUT2D eigenvalue weighted by Crippen LogP contribution is 2.26. The summed E-state index contributed by atoms with van der Waals surface area (Å²) in [5.74, 6) is -0.361. The maximum Gasteiger partial charge on any atom is 0.147 e. The van der Waals surface area contributed by atoms with Crippen LogP contribution in [-0.4, -0.2) is 9.97 Å². The minimum atomic E-state index is -0.361. The van der Waals surface area contributed by atoms with E-state index in [9.17, 15) is 4.39 Å². The number of nitrogens with one attached hydrogen (secondary N) is 1. The maximum absolute atomic E-state index is 14.0. The van der Waals surface area contributed by atoms with Crippen LogP contribution < -0.4 is 11.1 Å². The van der Waals surface area contributed by atoms with Gasteiger partial charge in [-0.15, -0.1) is 11.3 Å². The molecule has 1 aromatic heterocycles. The average molecular weight is 295 g/mol. The maximum atomic E-state index is 14.0. The molecule has 2 rings (SSSR count). The molecule has 0 spiro atoms. The molecule has 0 bridgehead atoms. The summed E-state index contributed by atoms with van der Waals surface area (Å²) in [6, 6.07) is 4.71. The molecule has 100 valence electrons. The molecule has 0 amide bonds. The zero-order chi connectivity index (χ0) is 13.8. The number of thiocarbonyl (C=S) groups is 1. The van der Waals surface area contributed by atoms with E-state index < -0.39 is 0 Å². The smallest absolute Gasteiger partial charge is 0.147 e. The predicted octanol–water partition coefficient (Wildman–Crippen LogP) is 3.48. The SMILES string of the molecule is CCC(Nc1ccc(C(N)=S)cc1F)c1nccs1. The van der Waals surface area contributed by atoms with E-state index in [0.717, 1.165) is 11.4 Å². The van der Waals surface area contributed by atoms with Gasteiger partial charge in [0.15, 0.2) is 0 Å². The number of thiazole rings is 1. The summed E-state index contributed by atoms with van der Waals surface area (Å²) in [5.41, 5.74) is 6.43. The van der Waals surface area contributed by atoms with Crippen molar-refractivity contribution in [2.45, 2.75) is 19.4 Å². The Balaban J connectivity index is 2.21. The number of halogens is 1. The van der Waals surface area contributed by atoms with Gasteiger partial charge in [-0.1, -0.05) is 19.1 Å². The molecule has 0 fully saturated rings. The molecule has 6 heteroatoms. The third-order valence-corrected chi connectivity index (χ3v) is 3.87. The van der Waals surface area contributed by atoms with Crippen LogP contribution in [0.3, 0.4) is 0 Å². The molecule has 19 heavy (non-hydrogen) atoms. The second kappa shape index (κ2) is 6.08. The van der Waals surface area contributed by atoms with E-state index in [1.807, 2.05) is 12.3 Å². The second-order valence-electron chi connectivity index (χ2n) is 4.03. The number of hydrogen-bond acceptors (Lipinski definition) is 4. The topological polar surface area (TPSA) is 50.9 Å². The lowest BCUT2D eigenvalue weighted by Gasteiger charge is -2.16. The number of rotatable bonds is 5. The molecule has 1 unspecified atom stereocenters. The Hall–Kier alpha value is -1.53. The van der Waals surface area contributed by atoms with Crippen molar-refractivity contribution < 1.29 is 4.39 Å². The Bertz CT molecular complexity index is 569. The monoisotopic (exact) mass is 295 g/mol. The molecule has 1 atom stereocenters. The van der Waals surface area contributed by atoms with Crippen LogP contribution in [0.4, 0.5) is 10.1 Å². The van der Waals surface area contributed by atoms with E-state index in [1.54, 1.807) is 29.7 Å². The summed E-state index contributed by atoms with van der Waals surface area (Å²) in [6.45, 7) is 2.03. The van der Waals surface area contributed by atoms with Gasteiger partial charge < -0.3 is 11.1 Å². The van der Waals surface area contributed by atoms with Crippen molar-refractivity contribution >= 4 is 34.2 Å². The predicted molar refractivity (Wildman–Crippen MR) is 81.1 cm³/mol. The van der Waals surface area contributed by atoms with Crippen LogP contribution in [0.25, 0.3) is 0 Å². The van der Waals surface area contributed by atoms with Gasteiger partial charge in [-0.25, -0.2) is 9.37 Å². The fourth-order valence-electron chi connectivity index (χ4n) is 1.72. The van der Waals surface area contributed by atoms with Gasteiger partial charge in [0, 0.05) is 17.1 Å². The van der Waals surface area contributed by atoms with Crippen LogP contribution in [0.1, 0.15) is 30.0 Å². The lowest BCUT2D eigenvalue weighted by atomic mass is 10.1. The van der Waals surface area contributed by atoms with Gasteiger partial charge in [0.05, 0.1) is 11.7 Å². The van der Waals surface area contributed by atoms with Gasteiger partial charge in [0.1, 0.15) is 15.8 Å². The Morgan fingerprint density at radius 2 is 2.37 bits per heavy atom. The molecule has 0 saturated heterocycles. The van der Waals surface area contributed by atoms with Crippen molar-refractivity contribution in [2.24, 2.45) is 5.73 Å². The van der Waals surface area contributed by atoms with Crippen molar-refractivity contribution in [1.29, 1.82) is 0 Å². The van der Waals surface area contributed by atoms with Crippen LogP contribution >= 0.6 is 23.6 Å². The number of anilines is 1. The summed E-state index contributed by atoms with van der Waals surface area (Å²) in [4.78, 5) is 4.44. The quantitative estimate of drug-likeness (QED) is 0.829. The summed E-state index contributed by atoms with van der Waals surface area (Å²) in [5, 5.41) is 6.01. The van der Waals surface area contributed by atoms with Crippen molar-refractivity contribution in [3.63, 3.8) is 0 Å². The molecule has 0 aliphatic carbocycles. The van der Waals surface area contributed by atoms with Crippen LogP contribution in [0.15, 0.2) is 29.8 Å². The second-order valence-corrected chi connectivity index (χ2v) is 5.40. The number of aromatic nitrogens is 1. The van der Waals surface area contributed by atoms with E-state index in [-0.39, 0.29) is 16.8 Å². The first-order chi connectivity index (χ1) is 9.11. The van der Waals surface area contributed by atoms with Gasteiger partial charge in [-0.05, 0) is 24.6 Å². The fourth-order valence-corrected chi connectivity index (χ4v) is 2.62. The highest BCUT2D eigenvalue weighted by atomic mass is 32.1. The first kappa shape index (κ1) is 13.9. The van der Waals surface area contributed by atoms with Gasteiger partial charge in [0.2, 0.25) is 0 Å². The molecule has 1 aromatic carbocycles. The molecular formula is C13H14FN3S2. The zero-order valence-electron chi connectivity index (χ0n) is 10.4. The Morgan fingerprint density at radius 3 is 2.89 bits per heavy atom. The van der Waals surface area contributed by atoms with E-state index in [1.165, 1.54) is 6.07 Å². The summed E-state index contributed by atoms with van der Waals surface area (Å²) >= 11 is 6.37. The number of benzene rings is 1. The van der Waals surface area contributed by atoms with Crippen molar-refractivity contribution in [3.05, 3.63) is 46.2 Å². The van der Waals surface area contributed by atoms with Crippen molar-refractivity contribution in [2.75, 3.05) is 5.32 Å². The molecule has 2 aromatic rings. The Kier molecular flexibility index (Phi) is 4.44. The highest BCUT2D eigenvalue weighted by Gasteiger charge is 2.14. The molecule has 3 nitrogen and oxygen atoms in total. The van der Waals surface area contributed by atoms with Crippen LogP contribution in [0.2, 0.25) is 0 Å². The lowest BCUT2D eigenvalue weighted by molar-refractivity contribution is 0.623. The summed E-state index contributed by atoms with van der Waals surface area (Å²) in [6.07, 6.45) is 2.57.